The van der Waals surface area contributed by atoms with Crippen LogP contribution in [0.2, 0.25) is 0 Å². The van der Waals surface area contributed by atoms with Gasteiger partial charge in [-0.2, -0.15) is 0 Å². The molecule has 0 bridgehead atoms. The van der Waals surface area contributed by atoms with Crippen molar-refractivity contribution in [3.05, 3.63) is 29.8 Å². The van der Waals surface area contributed by atoms with Crippen LogP contribution in [0.4, 0.5) is 0 Å². The van der Waals surface area contributed by atoms with Crippen molar-refractivity contribution in [1.82, 2.24) is 4.72 Å². The molecule has 1 unspecified atom stereocenters. The van der Waals surface area contributed by atoms with Crippen molar-refractivity contribution in [2.24, 2.45) is 0 Å². The Balaban J connectivity index is 2.43. The molecule has 0 heterocycles. The predicted molar refractivity (Wildman–Crippen MR) is 84.3 cm³/mol. The first kappa shape index (κ1) is 17.2. The van der Waals surface area contributed by atoms with Gasteiger partial charge in [0.2, 0.25) is 10.0 Å². The van der Waals surface area contributed by atoms with Gasteiger partial charge in [-0.3, -0.25) is 0 Å². The van der Waals surface area contributed by atoms with Crippen molar-refractivity contribution in [3.8, 4) is 0 Å². The molecule has 1 aromatic rings. The number of rotatable bonds is 9. The van der Waals surface area contributed by atoms with Gasteiger partial charge in [-0.15, -0.1) is 0 Å². The average Bonchev–Trinajstić information content (AvgIpc) is 2.38. The molecule has 0 saturated heterocycles. The van der Waals surface area contributed by atoms with Crippen LogP contribution in [0.1, 0.15) is 57.9 Å². The summed E-state index contributed by atoms with van der Waals surface area (Å²) >= 11 is 0. The highest BCUT2D eigenvalue weighted by Crippen LogP contribution is 2.13. The SMILES string of the molecule is CCCCCCCC(C)NS(=O)(=O)c1ccc(C)cc1. The van der Waals surface area contributed by atoms with Gasteiger partial charge in [-0.25, -0.2) is 13.1 Å². The molecule has 0 spiro atoms. The summed E-state index contributed by atoms with van der Waals surface area (Å²) in [5.74, 6) is 0. The lowest BCUT2D eigenvalue weighted by Crippen LogP contribution is -2.32. The van der Waals surface area contributed by atoms with Crippen LogP contribution in [0.25, 0.3) is 0 Å². The summed E-state index contributed by atoms with van der Waals surface area (Å²) in [6.07, 6.45) is 6.91. The van der Waals surface area contributed by atoms with E-state index in [9.17, 15) is 8.42 Å². The molecule has 0 aliphatic heterocycles. The zero-order chi connectivity index (χ0) is 15.0. The average molecular weight is 297 g/mol. The van der Waals surface area contributed by atoms with Gasteiger partial charge >= 0.3 is 0 Å². The zero-order valence-corrected chi connectivity index (χ0v) is 13.7. The monoisotopic (exact) mass is 297 g/mol. The van der Waals surface area contributed by atoms with Crippen molar-refractivity contribution < 1.29 is 8.42 Å². The van der Waals surface area contributed by atoms with Gasteiger partial charge in [0.15, 0.2) is 0 Å². The van der Waals surface area contributed by atoms with Crippen LogP contribution in [-0.4, -0.2) is 14.5 Å². The van der Waals surface area contributed by atoms with Gasteiger partial charge < -0.3 is 0 Å². The van der Waals surface area contributed by atoms with Crippen molar-refractivity contribution >= 4 is 10.0 Å². The van der Waals surface area contributed by atoms with Gasteiger partial charge in [0.25, 0.3) is 0 Å². The number of hydrogen-bond donors (Lipinski definition) is 1. The van der Waals surface area contributed by atoms with E-state index in [0.717, 1.165) is 18.4 Å². The summed E-state index contributed by atoms with van der Waals surface area (Å²) in [7, 11) is -3.37. The number of hydrogen-bond acceptors (Lipinski definition) is 2. The maximum atomic E-state index is 12.2. The van der Waals surface area contributed by atoms with E-state index in [4.69, 9.17) is 0 Å². The molecule has 1 atom stereocenters. The first-order valence-corrected chi connectivity index (χ1v) is 9.03. The topological polar surface area (TPSA) is 46.2 Å². The molecule has 20 heavy (non-hydrogen) atoms. The Bertz CT molecular complexity index is 480. The first-order valence-electron chi connectivity index (χ1n) is 7.54. The summed E-state index contributed by atoms with van der Waals surface area (Å²) in [6, 6.07) is 6.95. The normalized spacial score (nSPS) is 13.3. The lowest BCUT2D eigenvalue weighted by Gasteiger charge is -2.14. The van der Waals surface area contributed by atoms with Crippen LogP contribution >= 0.6 is 0 Å². The largest absolute Gasteiger partial charge is 0.240 e. The molecule has 0 amide bonds. The van der Waals surface area contributed by atoms with Gasteiger partial charge in [-0.1, -0.05) is 56.7 Å². The second-order valence-electron chi connectivity index (χ2n) is 5.54. The summed E-state index contributed by atoms with van der Waals surface area (Å²) in [4.78, 5) is 0.348. The first-order chi connectivity index (χ1) is 9.45. The molecule has 3 nitrogen and oxygen atoms in total. The minimum absolute atomic E-state index is 0.0112. The molecular formula is C16H27NO2S. The van der Waals surface area contributed by atoms with E-state index in [1.165, 1.54) is 25.7 Å². The lowest BCUT2D eigenvalue weighted by atomic mass is 10.1. The molecule has 1 rings (SSSR count). The fourth-order valence-corrected chi connectivity index (χ4v) is 3.44. The highest BCUT2D eigenvalue weighted by Gasteiger charge is 2.16. The van der Waals surface area contributed by atoms with Crippen molar-refractivity contribution in [2.45, 2.75) is 70.2 Å². The third kappa shape index (κ3) is 6.06. The Morgan fingerprint density at radius 1 is 1.05 bits per heavy atom. The quantitative estimate of drug-likeness (QED) is 0.700. The van der Waals surface area contributed by atoms with Crippen LogP contribution in [0, 0.1) is 6.92 Å². The van der Waals surface area contributed by atoms with E-state index >= 15 is 0 Å². The molecule has 0 saturated carbocycles. The van der Waals surface area contributed by atoms with Crippen molar-refractivity contribution in [1.29, 1.82) is 0 Å². The van der Waals surface area contributed by atoms with E-state index in [0.29, 0.717) is 4.90 Å². The standard InChI is InChI=1S/C16H27NO2S/c1-4-5-6-7-8-9-15(3)17-20(18,19)16-12-10-14(2)11-13-16/h10-13,15,17H,4-9H2,1-3H3. The Hall–Kier alpha value is -0.870. The van der Waals surface area contributed by atoms with Crippen LogP contribution in [0.5, 0.6) is 0 Å². The summed E-state index contributed by atoms with van der Waals surface area (Å²) in [6.45, 7) is 6.08. The molecule has 0 aliphatic carbocycles. The van der Waals surface area contributed by atoms with Gasteiger partial charge in [0, 0.05) is 6.04 Å². The minimum Gasteiger partial charge on any atom is -0.208 e. The van der Waals surface area contributed by atoms with Crippen LogP contribution in [-0.2, 0) is 10.0 Å². The molecule has 1 aromatic carbocycles. The number of sulfonamides is 1. The molecule has 1 N–H and O–H groups in total. The van der Waals surface area contributed by atoms with Crippen LogP contribution in [0.15, 0.2) is 29.2 Å². The number of benzene rings is 1. The molecule has 114 valence electrons. The van der Waals surface area contributed by atoms with E-state index in [1.54, 1.807) is 12.1 Å². The third-order valence-corrected chi connectivity index (χ3v) is 5.03. The third-order valence-electron chi connectivity index (χ3n) is 3.43. The molecular weight excluding hydrogens is 270 g/mol. The molecule has 0 aromatic heterocycles. The molecule has 0 aliphatic rings. The smallest absolute Gasteiger partial charge is 0.208 e. The Labute approximate surface area is 123 Å². The summed E-state index contributed by atoms with van der Waals surface area (Å²) in [5.41, 5.74) is 1.06. The van der Waals surface area contributed by atoms with E-state index in [1.807, 2.05) is 26.0 Å². The summed E-state index contributed by atoms with van der Waals surface area (Å²) < 4.78 is 27.1. The number of aryl methyl sites for hydroxylation is 1. The Morgan fingerprint density at radius 3 is 2.25 bits per heavy atom. The van der Waals surface area contributed by atoms with E-state index in [-0.39, 0.29) is 6.04 Å². The van der Waals surface area contributed by atoms with Gasteiger partial charge in [0.1, 0.15) is 0 Å². The maximum Gasteiger partial charge on any atom is 0.240 e. The van der Waals surface area contributed by atoms with Crippen LogP contribution < -0.4 is 4.72 Å². The fourth-order valence-electron chi connectivity index (χ4n) is 2.16. The van der Waals surface area contributed by atoms with E-state index in [2.05, 4.69) is 11.6 Å². The number of unbranched alkanes of at least 4 members (excludes halogenated alkanes) is 4. The maximum absolute atomic E-state index is 12.2. The number of nitrogens with one attached hydrogen (secondary N) is 1. The second-order valence-corrected chi connectivity index (χ2v) is 7.25. The second kappa shape index (κ2) is 8.42. The lowest BCUT2D eigenvalue weighted by molar-refractivity contribution is 0.518. The molecule has 0 fully saturated rings. The Morgan fingerprint density at radius 2 is 1.65 bits per heavy atom. The Kier molecular flexibility index (Phi) is 7.24. The van der Waals surface area contributed by atoms with Crippen molar-refractivity contribution in [2.75, 3.05) is 0 Å². The van der Waals surface area contributed by atoms with Gasteiger partial charge in [-0.05, 0) is 32.4 Å². The fraction of sp³-hybridized carbons (Fsp3) is 0.625. The zero-order valence-electron chi connectivity index (χ0n) is 12.9. The minimum atomic E-state index is -3.37. The molecule has 4 heteroatoms. The summed E-state index contributed by atoms with van der Waals surface area (Å²) in [5, 5.41) is 0. The predicted octanol–water partition coefficient (Wildman–Crippen LogP) is 4.02. The van der Waals surface area contributed by atoms with Gasteiger partial charge in [0.05, 0.1) is 4.90 Å². The van der Waals surface area contributed by atoms with E-state index < -0.39 is 10.0 Å². The van der Waals surface area contributed by atoms with Crippen molar-refractivity contribution in [3.63, 3.8) is 0 Å². The highest BCUT2D eigenvalue weighted by molar-refractivity contribution is 7.89. The molecule has 0 radical (unpaired) electrons. The highest BCUT2D eigenvalue weighted by atomic mass is 32.2. The van der Waals surface area contributed by atoms with Crippen LogP contribution in [0.3, 0.4) is 0 Å².